The number of piperidine rings is 1. The largest absolute Gasteiger partial charge is 0.493 e. The summed E-state index contributed by atoms with van der Waals surface area (Å²) in [5.41, 5.74) is -1.01. The molecule has 1 saturated heterocycles. The average Bonchev–Trinajstić information content (AvgIpc) is 2.69. The summed E-state index contributed by atoms with van der Waals surface area (Å²) in [4.78, 5) is 17.2. The Bertz CT molecular complexity index is 1030. The summed E-state index contributed by atoms with van der Waals surface area (Å²) in [6, 6.07) is 3.20. The summed E-state index contributed by atoms with van der Waals surface area (Å²) >= 11 is 0. The molecule has 9 nitrogen and oxygen atoms in total. The van der Waals surface area contributed by atoms with Crippen LogP contribution in [0.4, 0.5) is 0 Å². The number of benzene rings is 1. The first-order valence-electron chi connectivity index (χ1n) is 9.04. The van der Waals surface area contributed by atoms with Gasteiger partial charge in [-0.25, -0.2) is 17.7 Å². The zero-order valence-electron chi connectivity index (χ0n) is 16.2. The lowest BCUT2D eigenvalue weighted by molar-refractivity contribution is -0.0202. The molecule has 0 saturated carbocycles. The second-order valence-corrected chi connectivity index (χ2v) is 9.18. The third-order valence-electron chi connectivity index (χ3n) is 5.21. The molecule has 1 fully saturated rings. The number of fused-ring (bicyclic) bond motifs is 1. The van der Waals surface area contributed by atoms with Gasteiger partial charge in [0.25, 0.3) is 5.56 Å². The number of hydrogen-bond acceptors (Lipinski definition) is 7. The van der Waals surface area contributed by atoms with Crippen LogP contribution in [0.1, 0.15) is 19.8 Å². The van der Waals surface area contributed by atoms with E-state index in [0.29, 0.717) is 22.4 Å². The van der Waals surface area contributed by atoms with Crippen molar-refractivity contribution >= 4 is 20.9 Å². The Morgan fingerprint density at radius 1 is 1.18 bits per heavy atom. The van der Waals surface area contributed by atoms with E-state index in [-0.39, 0.29) is 43.8 Å². The molecule has 0 radical (unpaired) electrons. The molecule has 0 aliphatic carbocycles. The molecule has 0 spiro atoms. The van der Waals surface area contributed by atoms with Crippen molar-refractivity contribution in [2.45, 2.75) is 31.9 Å². The van der Waals surface area contributed by atoms with Crippen LogP contribution in [-0.4, -0.2) is 66.0 Å². The standard InChI is InChI=1S/C18H25N3O6S/c1-4-28(24,25)21-7-5-18(23,6-8-21)11-20-12-19-14-10-16(27-3)15(26-2)9-13(14)17(20)22/h9-10,12,23H,4-8,11H2,1-3H3. The lowest BCUT2D eigenvalue weighted by atomic mass is 9.92. The molecule has 2 heterocycles. The first-order valence-corrected chi connectivity index (χ1v) is 10.7. The van der Waals surface area contributed by atoms with Crippen LogP contribution in [0.25, 0.3) is 10.9 Å². The normalized spacial score (nSPS) is 17.6. The van der Waals surface area contributed by atoms with Crippen molar-refractivity contribution in [3.63, 3.8) is 0 Å². The van der Waals surface area contributed by atoms with Gasteiger partial charge in [-0.3, -0.25) is 9.36 Å². The van der Waals surface area contributed by atoms with E-state index in [2.05, 4.69) is 4.98 Å². The van der Waals surface area contributed by atoms with E-state index >= 15 is 0 Å². The Balaban J connectivity index is 1.87. The molecular weight excluding hydrogens is 386 g/mol. The first-order chi connectivity index (χ1) is 13.2. The lowest BCUT2D eigenvalue weighted by Gasteiger charge is -2.37. The van der Waals surface area contributed by atoms with E-state index in [1.807, 2.05) is 0 Å². The van der Waals surface area contributed by atoms with Crippen LogP contribution < -0.4 is 15.0 Å². The van der Waals surface area contributed by atoms with E-state index in [9.17, 15) is 18.3 Å². The van der Waals surface area contributed by atoms with Gasteiger partial charge in [-0.15, -0.1) is 0 Å². The Kier molecular flexibility index (Phi) is 5.64. The highest BCUT2D eigenvalue weighted by Crippen LogP contribution is 2.30. The van der Waals surface area contributed by atoms with Gasteiger partial charge in [0.05, 0.1) is 49.3 Å². The number of hydrogen-bond donors (Lipinski definition) is 1. The monoisotopic (exact) mass is 411 g/mol. The highest BCUT2D eigenvalue weighted by molar-refractivity contribution is 7.89. The predicted molar refractivity (Wildman–Crippen MR) is 104 cm³/mol. The van der Waals surface area contributed by atoms with E-state index in [1.165, 1.54) is 29.4 Å². The van der Waals surface area contributed by atoms with Gasteiger partial charge < -0.3 is 14.6 Å². The zero-order chi connectivity index (χ0) is 20.5. The third-order valence-corrected chi connectivity index (χ3v) is 7.09. The van der Waals surface area contributed by atoms with Crippen molar-refractivity contribution in [1.82, 2.24) is 13.9 Å². The molecule has 0 atom stereocenters. The van der Waals surface area contributed by atoms with Crippen LogP contribution in [0.15, 0.2) is 23.3 Å². The Morgan fingerprint density at radius 2 is 1.79 bits per heavy atom. The maximum absolute atomic E-state index is 12.9. The second kappa shape index (κ2) is 7.69. The summed E-state index contributed by atoms with van der Waals surface area (Å²) in [5.74, 6) is 0.927. The van der Waals surface area contributed by atoms with Gasteiger partial charge in [0.1, 0.15) is 0 Å². The number of nitrogens with zero attached hydrogens (tertiary/aromatic N) is 3. The minimum Gasteiger partial charge on any atom is -0.493 e. The van der Waals surface area contributed by atoms with Crippen molar-refractivity contribution < 1.29 is 23.0 Å². The SMILES string of the molecule is CCS(=O)(=O)N1CCC(O)(Cn2cnc3cc(OC)c(OC)cc3c2=O)CC1. The highest BCUT2D eigenvalue weighted by atomic mass is 32.2. The number of ether oxygens (including phenoxy) is 2. The molecule has 0 unspecified atom stereocenters. The summed E-state index contributed by atoms with van der Waals surface area (Å²) in [6.45, 7) is 2.10. The Labute approximate surface area is 163 Å². The third kappa shape index (κ3) is 3.85. The van der Waals surface area contributed by atoms with E-state index in [4.69, 9.17) is 9.47 Å². The molecule has 0 bridgehead atoms. The van der Waals surface area contributed by atoms with Crippen molar-refractivity contribution in [2.75, 3.05) is 33.1 Å². The first kappa shape index (κ1) is 20.6. The van der Waals surface area contributed by atoms with E-state index < -0.39 is 15.6 Å². The summed E-state index contributed by atoms with van der Waals surface area (Å²) < 4.78 is 37.2. The molecule has 1 aliphatic heterocycles. The van der Waals surface area contributed by atoms with Crippen molar-refractivity contribution in [2.24, 2.45) is 0 Å². The summed E-state index contributed by atoms with van der Waals surface area (Å²) in [6.07, 6.45) is 1.90. The molecule has 154 valence electrons. The highest BCUT2D eigenvalue weighted by Gasteiger charge is 2.36. The van der Waals surface area contributed by atoms with Gasteiger partial charge in [0.15, 0.2) is 11.5 Å². The minimum atomic E-state index is -3.28. The zero-order valence-corrected chi connectivity index (χ0v) is 17.0. The van der Waals surface area contributed by atoms with Gasteiger partial charge in [-0.1, -0.05) is 0 Å². The van der Waals surface area contributed by atoms with Gasteiger partial charge in [0.2, 0.25) is 10.0 Å². The molecule has 2 aromatic rings. The number of aromatic nitrogens is 2. The Hall–Kier alpha value is -2.17. The van der Waals surface area contributed by atoms with E-state index in [1.54, 1.807) is 19.1 Å². The molecule has 3 rings (SSSR count). The second-order valence-electron chi connectivity index (χ2n) is 6.93. The molecule has 28 heavy (non-hydrogen) atoms. The number of aliphatic hydroxyl groups is 1. The van der Waals surface area contributed by atoms with Crippen LogP contribution in [0, 0.1) is 0 Å². The maximum Gasteiger partial charge on any atom is 0.261 e. The van der Waals surface area contributed by atoms with Crippen molar-refractivity contribution in [3.05, 3.63) is 28.8 Å². The molecule has 1 aliphatic rings. The molecule has 1 aromatic carbocycles. The van der Waals surface area contributed by atoms with Gasteiger partial charge >= 0.3 is 0 Å². The Morgan fingerprint density at radius 3 is 2.36 bits per heavy atom. The topological polar surface area (TPSA) is 111 Å². The minimum absolute atomic E-state index is 0.0325. The lowest BCUT2D eigenvalue weighted by Crippen LogP contribution is -2.49. The van der Waals surface area contributed by atoms with Gasteiger partial charge in [-0.2, -0.15) is 0 Å². The fraction of sp³-hybridized carbons (Fsp3) is 0.556. The van der Waals surface area contributed by atoms with Crippen LogP contribution >= 0.6 is 0 Å². The molecule has 1 N–H and O–H groups in total. The van der Waals surface area contributed by atoms with Crippen LogP contribution in [0.5, 0.6) is 11.5 Å². The molecule has 10 heteroatoms. The average molecular weight is 411 g/mol. The van der Waals surface area contributed by atoms with Crippen LogP contribution in [-0.2, 0) is 16.6 Å². The fourth-order valence-corrected chi connectivity index (χ4v) is 4.54. The van der Waals surface area contributed by atoms with E-state index in [0.717, 1.165) is 0 Å². The quantitative estimate of drug-likeness (QED) is 0.741. The maximum atomic E-state index is 12.9. The molecule has 1 aromatic heterocycles. The van der Waals surface area contributed by atoms with Crippen molar-refractivity contribution in [3.8, 4) is 11.5 Å². The van der Waals surface area contributed by atoms with Gasteiger partial charge in [0, 0.05) is 19.2 Å². The fourth-order valence-electron chi connectivity index (χ4n) is 3.44. The number of methoxy groups -OCH3 is 2. The smallest absolute Gasteiger partial charge is 0.261 e. The van der Waals surface area contributed by atoms with Crippen molar-refractivity contribution in [1.29, 1.82) is 0 Å². The number of rotatable bonds is 6. The van der Waals surface area contributed by atoms with Crippen LogP contribution in [0.3, 0.4) is 0 Å². The molecular formula is C18H25N3O6S. The summed E-state index contributed by atoms with van der Waals surface area (Å²) in [7, 11) is -0.289. The van der Waals surface area contributed by atoms with Gasteiger partial charge in [-0.05, 0) is 25.8 Å². The van der Waals surface area contributed by atoms with Crippen LogP contribution in [0.2, 0.25) is 0 Å². The predicted octanol–water partition coefficient (Wildman–Crippen LogP) is 0.590. The number of sulfonamides is 1. The summed E-state index contributed by atoms with van der Waals surface area (Å²) in [5, 5.41) is 11.3. The molecule has 0 amide bonds.